The van der Waals surface area contributed by atoms with Gasteiger partial charge in [0.2, 0.25) is 12.3 Å². The van der Waals surface area contributed by atoms with E-state index in [4.69, 9.17) is 23.7 Å². The van der Waals surface area contributed by atoms with Gasteiger partial charge in [-0.1, -0.05) is 34.6 Å². The van der Waals surface area contributed by atoms with Gasteiger partial charge in [-0.3, -0.25) is 14.4 Å². The molecule has 0 aliphatic carbocycles. The van der Waals surface area contributed by atoms with Gasteiger partial charge in [0.1, 0.15) is 5.78 Å². The first kappa shape index (κ1) is 38.9. The van der Waals surface area contributed by atoms with Gasteiger partial charge in [-0.15, -0.1) is 0 Å². The normalized spacial score (nSPS) is 10.1. The average molecular weight is 523 g/mol. The molecule has 36 heavy (non-hydrogen) atoms. The third-order valence-electron chi connectivity index (χ3n) is 4.18. The summed E-state index contributed by atoms with van der Waals surface area (Å²) in [5.41, 5.74) is 0. The lowest BCUT2D eigenvalue weighted by molar-refractivity contribution is -0.123. The van der Waals surface area contributed by atoms with Crippen LogP contribution in [0.1, 0.15) is 67.2 Å². The van der Waals surface area contributed by atoms with Crippen LogP contribution in [0.15, 0.2) is 0 Å². The van der Waals surface area contributed by atoms with Gasteiger partial charge in [-0.2, -0.15) is 0 Å². The molecule has 0 aliphatic heterocycles. The zero-order valence-electron chi connectivity index (χ0n) is 23.7. The molecule has 2 N–H and O–H groups in total. The molecule has 0 bridgehead atoms. The van der Waals surface area contributed by atoms with Gasteiger partial charge < -0.3 is 34.3 Å². The maximum atomic E-state index is 11.4. The number of hydrogen-bond donors (Lipinski definition) is 2. The molecular weight excluding hydrogens is 468 g/mol. The molecule has 216 valence electrons. The molecule has 0 atom stereocenters. The van der Waals surface area contributed by atoms with Crippen molar-refractivity contribution >= 4 is 18.1 Å². The molecule has 0 saturated heterocycles. The van der Waals surface area contributed by atoms with Gasteiger partial charge >= 0.3 is 0 Å². The van der Waals surface area contributed by atoms with E-state index >= 15 is 0 Å². The highest BCUT2D eigenvalue weighted by Crippen LogP contribution is 2.00. The van der Waals surface area contributed by atoms with Crippen molar-refractivity contribution in [2.75, 3.05) is 79.2 Å². The number of Topliss-reactive ketones (excluding diaryl/α,β-unsaturated/α-hetero) is 1. The lowest BCUT2D eigenvalue weighted by atomic mass is 10.1. The number of nitrogens with one attached hydrogen (secondary N) is 2. The van der Waals surface area contributed by atoms with Gasteiger partial charge in [0, 0.05) is 45.1 Å². The van der Waals surface area contributed by atoms with Gasteiger partial charge in [-0.25, -0.2) is 0 Å². The number of ketones is 1. The fraction of sp³-hybridized carbons (Fsp3) is 0.885. The molecule has 10 heteroatoms. The Morgan fingerprint density at radius 3 is 1.72 bits per heavy atom. The fourth-order valence-corrected chi connectivity index (χ4v) is 2.28. The van der Waals surface area contributed by atoms with Crippen molar-refractivity contribution < 1.29 is 38.1 Å². The van der Waals surface area contributed by atoms with Crippen LogP contribution in [0.5, 0.6) is 0 Å². The van der Waals surface area contributed by atoms with Gasteiger partial charge in [0.25, 0.3) is 0 Å². The summed E-state index contributed by atoms with van der Waals surface area (Å²) in [4.78, 5) is 32.2. The Bertz CT molecular complexity index is 465. The summed E-state index contributed by atoms with van der Waals surface area (Å²) < 4.78 is 26.4. The predicted octanol–water partition coefficient (Wildman–Crippen LogP) is 2.77. The second-order valence-corrected chi connectivity index (χ2v) is 7.54. The highest BCUT2D eigenvalue weighted by atomic mass is 16.6. The highest BCUT2D eigenvalue weighted by molar-refractivity contribution is 5.80. The highest BCUT2D eigenvalue weighted by Gasteiger charge is 2.05. The van der Waals surface area contributed by atoms with Crippen LogP contribution in [-0.2, 0) is 38.1 Å². The summed E-state index contributed by atoms with van der Waals surface area (Å²) >= 11 is 0. The summed E-state index contributed by atoms with van der Waals surface area (Å²) in [5, 5.41) is 5.27. The number of rotatable bonds is 24. The smallest absolute Gasteiger partial charge is 0.222 e. The van der Waals surface area contributed by atoms with Crippen LogP contribution in [0.4, 0.5) is 0 Å². The first-order valence-corrected chi connectivity index (χ1v) is 13.3. The minimum absolute atomic E-state index is 0.0238. The Kier molecular flexibility index (Phi) is 38.5. The molecule has 0 aromatic carbocycles. The molecular formula is C26H54N2O8. The third kappa shape index (κ3) is 37.0. The largest absolute Gasteiger partial charge is 0.380 e. The Hall–Kier alpha value is -1.59. The van der Waals surface area contributed by atoms with Crippen molar-refractivity contribution in [2.45, 2.75) is 67.2 Å². The average Bonchev–Trinajstić information content (AvgIpc) is 2.88. The molecule has 0 heterocycles. The van der Waals surface area contributed by atoms with Crippen LogP contribution in [0.25, 0.3) is 0 Å². The molecule has 0 rings (SSSR count). The maximum absolute atomic E-state index is 11.4. The SMILES string of the molecule is CC.CC(C)C(=O)CCCNC=O.CCCOCCOCCOCCOCCC(=O)NCCOCC. The number of ether oxygens (including phenoxy) is 5. The summed E-state index contributed by atoms with van der Waals surface area (Å²) in [6.45, 7) is 18.6. The summed E-state index contributed by atoms with van der Waals surface area (Å²) in [5.74, 6) is 0.355. The van der Waals surface area contributed by atoms with E-state index in [1.165, 1.54) is 0 Å². The van der Waals surface area contributed by atoms with E-state index in [0.717, 1.165) is 19.4 Å². The van der Waals surface area contributed by atoms with Crippen molar-refractivity contribution in [3.05, 3.63) is 0 Å². The van der Waals surface area contributed by atoms with E-state index in [0.29, 0.717) is 91.8 Å². The fourth-order valence-electron chi connectivity index (χ4n) is 2.28. The maximum Gasteiger partial charge on any atom is 0.222 e. The third-order valence-corrected chi connectivity index (χ3v) is 4.18. The summed E-state index contributed by atoms with van der Waals surface area (Å²) in [6, 6.07) is 0. The lowest BCUT2D eigenvalue weighted by Gasteiger charge is -2.08. The first-order chi connectivity index (χ1) is 17.5. The lowest BCUT2D eigenvalue weighted by Crippen LogP contribution is -2.28. The standard InChI is InChI=1S/C16H33NO6.C8H15NO2.C2H6/c1-3-7-20-10-12-22-14-15-23-13-11-21-8-5-16(18)17-6-9-19-4-2;1-7(2)8(11)4-3-5-9-6-10;1-2/h3-15H2,1-2H3,(H,17,18);6-7H,3-5H2,1-2H3,(H,9,10);1-2H3. The quantitative estimate of drug-likeness (QED) is 0.147. The van der Waals surface area contributed by atoms with Gasteiger partial charge in [0.05, 0.1) is 52.9 Å². The van der Waals surface area contributed by atoms with Crippen molar-refractivity contribution in [1.82, 2.24) is 10.6 Å². The van der Waals surface area contributed by atoms with Gasteiger partial charge in [-0.05, 0) is 19.8 Å². The van der Waals surface area contributed by atoms with E-state index in [-0.39, 0.29) is 17.6 Å². The number of amides is 2. The van der Waals surface area contributed by atoms with Crippen LogP contribution in [0.3, 0.4) is 0 Å². The number of hydrogen-bond acceptors (Lipinski definition) is 8. The van der Waals surface area contributed by atoms with E-state index in [1.807, 2.05) is 34.6 Å². The molecule has 0 saturated carbocycles. The molecule has 0 aromatic rings. The zero-order chi connectivity index (χ0) is 27.7. The monoisotopic (exact) mass is 522 g/mol. The van der Waals surface area contributed by atoms with Crippen molar-refractivity contribution in [3.63, 3.8) is 0 Å². The van der Waals surface area contributed by atoms with Crippen molar-refractivity contribution in [2.24, 2.45) is 5.92 Å². The Labute approximate surface area is 219 Å². The minimum atomic E-state index is -0.0238. The van der Waals surface area contributed by atoms with E-state index in [2.05, 4.69) is 17.6 Å². The van der Waals surface area contributed by atoms with Crippen LogP contribution in [-0.4, -0.2) is 97.3 Å². The Balaban J connectivity index is -0.000000700. The second-order valence-electron chi connectivity index (χ2n) is 7.54. The second kappa shape index (κ2) is 35.6. The van der Waals surface area contributed by atoms with E-state index in [1.54, 1.807) is 0 Å². The zero-order valence-corrected chi connectivity index (χ0v) is 23.7. The summed E-state index contributed by atoms with van der Waals surface area (Å²) in [6.07, 6.45) is 3.35. The number of carbonyl (C=O) groups excluding carboxylic acids is 3. The minimum Gasteiger partial charge on any atom is -0.380 e. The molecule has 2 amide bonds. The Morgan fingerprint density at radius 1 is 0.722 bits per heavy atom. The number of carbonyl (C=O) groups is 3. The van der Waals surface area contributed by atoms with E-state index < -0.39 is 0 Å². The van der Waals surface area contributed by atoms with Crippen LogP contribution < -0.4 is 10.6 Å². The molecule has 0 unspecified atom stereocenters. The Morgan fingerprint density at radius 2 is 1.25 bits per heavy atom. The molecule has 0 spiro atoms. The van der Waals surface area contributed by atoms with Crippen molar-refractivity contribution in [1.29, 1.82) is 0 Å². The van der Waals surface area contributed by atoms with Crippen molar-refractivity contribution in [3.8, 4) is 0 Å². The van der Waals surface area contributed by atoms with Crippen LogP contribution >= 0.6 is 0 Å². The molecule has 0 aliphatic rings. The topological polar surface area (TPSA) is 121 Å². The van der Waals surface area contributed by atoms with Gasteiger partial charge in [0.15, 0.2) is 0 Å². The molecule has 0 radical (unpaired) electrons. The van der Waals surface area contributed by atoms with Crippen LogP contribution in [0.2, 0.25) is 0 Å². The molecule has 0 aromatic heterocycles. The molecule has 10 nitrogen and oxygen atoms in total. The first-order valence-electron chi connectivity index (χ1n) is 13.3. The summed E-state index contributed by atoms with van der Waals surface area (Å²) in [7, 11) is 0. The predicted molar refractivity (Wildman–Crippen MR) is 142 cm³/mol. The molecule has 0 fully saturated rings. The van der Waals surface area contributed by atoms with E-state index in [9.17, 15) is 14.4 Å². The van der Waals surface area contributed by atoms with Crippen LogP contribution in [0, 0.1) is 5.92 Å².